The number of sulfonamides is 1. The first kappa shape index (κ1) is 26.2. The van der Waals surface area contributed by atoms with Gasteiger partial charge in [0.2, 0.25) is 16.0 Å². The van der Waals surface area contributed by atoms with Gasteiger partial charge in [-0.1, -0.05) is 0 Å². The lowest BCUT2D eigenvalue weighted by atomic mass is 9.91. The SMILES string of the molecule is CC(C)(O)c1cnc(N2CCN(S(=O)(=O)c3ccc(N)nc3)C[C@@H]2CN2C3COCC2CC(O)C3)nc1. The summed E-state index contributed by atoms with van der Waals surface area (Å²) in [7, 11) is -3.78. The average Bonchev–Trinajstić information content (AvgIpc) is 2.84. The number of hydrogen-bond acceptors (Lipinski definition) is 11. The lowest BCUT2D eigenvalue weighted by molar-refractivity contribution is -0.107. The Morgan fingerprint density at radius 3 is 2.35 bits per heavy atom. The monoisotopic (exact) mass is 533 g/mol. The van der Waals surface area contributed by atoms with Crippen LogP contribution in [0.15, 0.2) is 35.6 Å². The molecule has 5 heterocycles. The number of aliphatic hydroxyl groups is 2. The maximum atomic E-state index is 13.5. The number of fused-ring (bicyclic) bond motifs is 2. The summed E-state index contributed by atoms with van der Waals surface area (Å²) >= 11 is 0. The number of aromatic nitrogens is 3. The molecule has 2 aromatic rings. The van der Waals surface area contributed by atoms with E-state index in [1.165, 1.54) is 22.6 Å². The standard InChI is InChI=1S/C24H35N7O5S/c1-24(2,33)16-9-27-23(28-10-16)30-6-5-29(37(34,35)21-3-4-22(25)26-11-21)12-19(30)13-31-17-7-20(32)8-18(31)15-36-14-17/h3-4,9-11,17-20,32-33H,5-8,12-15H2,1-2H3,(H2,25,26)/t17?,18?,19-,20?/m1/s1. The average molecular weight is 534 g/mol. The van der Waals surface area contributed by atoms with Crippen LogP contribution in [0.2, 0.25) is 0 Å². The Balaban J connectivity index is 1.43. The van der Waals surface area contributed by atoms with Crippen LogP contribution in [0.3, 0.4) is 0 Å². The number of rotatable bonds is 6. The third kappa shape index (κ3) is 5.42. The third-order valence-electron chi connectivity index (χ3n) is 7.51. The Hall–Kier alpha value is -2.42. The Bertz CT molecular complexity index is 1180. The second kappa shape index (κ2) is 10.0. The summed E-state index contributed by atoms with van der Waals surface area (Å²) in [5.74, 6) is 0.747. The van der Waals surface area contributed by atoms with E-state index in [9.17, 15) is 18.6 Å². The predicted octanol–water partition coefficient (Wildman–Crippen LogP) is -0.215. The highest BCUT2D eigenvalue weighted by Gasteiger charge is 2.43. The molecule has 0 saturated carbocycles. The van der Waals surface area contributed by atoms with E-state index in [0.29, 0.717) is 50.7 Å². The highest BCUT2D eigenvalue weighted by atomic mass is 32.2. The number of nitrogen functional groups attached to an aromatic ring is 1. The molecule has 2 aromatic heterocycles. The molecule has 3 aliphatic heterocycles. The van der Waals surface area contributed by atoms with Crippen LogP contribution in [-0.4, -0.2) is 106 Å². The topological polar surface area (TPSA) is 158 Å². The van der Waals surface area contributed by atoms with Gasteiger partial charge in [0, 0.05) is 62.4 Å². The van der Waals surface area contributed by atoms with Crippen LogP contribution >= 0.6 is 0 Å². The van der Waals surface area contributed by atoms with Crippen LogP contribution in [0.5, 0.6) is 0 Å². The van der Waals surface area contributed by atoms with Gasteiger partial charge in [-0.2, -0.15) is 4.31 Å². The fourth-order valence-electron chi connectivity index (χ4n) is 5.45. The predicted molar refractivity (Wildman–Crippen MR) is 136 cm³/mol. The molecule has 0 aromatic carbocycles. The minimum atomic E-state index is -3.78. The van der Waals surface area contributed by atoms with Gasteiger partial charge in [-0.25, -0.2) is 23.4 Å². The lowest BCUT2D eigenvalue weighted by Gasteiger charge is -2.50. The number of aliphatic hydroxyl groups excluding tert-OH is 1. The van der Waals surface area contributed by atoms with Gasteiger partial charge in [-0.3, -0.25) is 4.90 Å². The van der Waals surface area contributed by atoms with Gasteiger partial charge in [-0.15, -0.1) is 0 Å². The summed E-state index contributed by atoms with van der Waals surface area (Å²) in [5, 5.41) is 20.6. The van der Waals surface area contributed by atoms with Crippen LogP contribution in [0.25, 0.3) is 0 Å². The highest BCUT2D eigenvalue weighted by Crippen LogP contribution is 2.31. The summed E-state index contributed by atoms with van der Waals surface area (Å²) in [6.45, 7) is 5.90. The first-order valence-corrected chi connectivity index (χ1v) is 14.0. The Kier molecular flexibility index (Phi) is 7.11. The van der Waals surface area contributed by atoms with Gasteiger partial charge >= 0.3 is 0 Å². The zero-order valence-corrected chi connectivity index (χ0v) is 22.0. The molecule has 0 radical (unpaired) electrons. The van der Waals surface area contributed by atoms with E-state index in [2.05, 4.69) is 19.9 Å². The molecule has 0 amide bonds. The molecular weight excluding hydrogens is 498 g/mol. The van der Waals surface area contributed by atoms with Crippen LogP contribution in [-0.2, 0) is 20.4 Å². The Labute approximate surface area is 217 Å². The molecule has 0 aliphatic carbocycles. The molecule has 2 bridgehead atoms. The molecule has 3 aliphatic rings. The number of piperazine rings is 1. The zero-order valence-electron chi connectivity index (χ0n) is 21.1. The number of morpholine rings is 1. The zero-order chi connectivity index (χ0) is 26.4. The van der Waals surface area contributed by atoms with Crippen LogP contribution in [0.1, 0.15) is 32.3 Å². The Morgan fingerprint density at radius 1 is 1.08 bits per heavy atom. The van der Waals surface area contributed by atoms with Gasteiger partial charge < -0.3 is 25.6 Å². The molecule has 0 spiro atoms. The van der Waals surface area contributed by atoms with Gasteiger partial charge in [0.1, 0.15) is 10.7 Å². The summed E-state index contributed by atoms with van der Waals surface area (Å²) in [6, 6.07) is 2.85. The molecule has 202 valence electrons. The Morgan fingerprint density at radius 2 is 1.76 bits per heavy atom. The number of nitrogens with zero attached hydrogens (tertiary/aromatic N) is 6. The number of piperidine rings is 1. The summed E-state index contributed by atoms with van der Waals surface area (Å²) in [4.78, 5) is 17.5. The number of anilines is 2. The van der Waals surface area contributed by atoms with Crippen molar-refractivity contribution in [3.05, 3.63) is 36.3 Å². The van der Waals surface area contributed by atoms with Crippen molar-refractivity contribution in [1.82, 2.24) is 24.2 Å². The first-order chi connectivity index (χ1) is 17.5. The van der Waals surface area contributed by atoms with Crippen molar-refractivity contribution in [1.29, 1.82) is 0 Å². The van der Waals surface area contributed by atoms with E-state index in [1.54, 1.807) is 26.2 Å². The fraction of sp³-hybridized carbons (Fsp3) is 0.625. The molecule has 13 heteroatoms. The summed E-state index contributed by atoms with van der Waals surface area (Å²) < 4.78 is 34.2. The van der Waals surface area contributed by atoms with Crippen molar-refractivity contribution < 1.29 is 23.4 Å². The smallest absolute Gasteiger partial charge is 0.244 e. The van der Waals surface area contributed by atoms with Crippen molar-refractivity contribution in [2.45, 2.75) is 61.4 Å². The molecule has 12 nitrogen and oxygen atoms in total. The normalized spacial score (nSPS) is 27.8. The van der Waals surface area contributed by atoms with Crippen molar-refractivity contribution >= 4 is 21.8 Å². The van der Waals surface area contributed by atoms with E-state index < -0.39 is 15.6 Å². The van der Waals surface area contributed by atoms with Crippen LogP contribution in [0, 0.1) is 0 Å². The molecule has 3 fully saturated rings. The minimum absolute atomic E-state index is 0.0658. The summed E-state index contributed by atoms with van der Waals surface area (Å²) in [6.07, 6.45) is 5.41. The van der Waals surface area contributed by atoms with Crippen molar-refractivity contribution in [2.75, 3.05) is 50.0 Å². The van der Waals surface area contributed by atoms with Gasteiger partial charge in [0.05, 0.1) is 31.0 Å². The number of ether oxygens (including phenoxy) is 1. The summed E-state index contributed by atoms with van der Waals surface area (Å²) in [5.41, 5.74) is 5.19. The van der Waals surface area contributed by atoms with Gasteiger partial charge in [-0.05, 0) is 38.8 Å². The maximum Gasteiger partial charge on any atom is 0.244 e. The lowest BCUT2D eigenvalue weighted by Crippen LogP contribution is -2.64. The van der Waals surface area contributed by atoms with E-state index in [-0.39, 0.29) is 48.0 Å². The van der Waals surface area contributed by atoms with Crippen molar-refractivity contribution in [3.63, 3.8) is 0 Å². The van der Waals surface area contributed by atoms with E-state index in [4.69, 9.17) is 10.5 Å². The number of nitrogens with two attached hydrogens (primary N) is 1. The van der Waals surface area contributed by atoms with Crippen molar-refractivity contribution in [2.24, 2.45) is 0 Å². The second-order valence-electron chi connectivity index (χ2n) is 10.6. The molecule has 37 heavy (non-hydrogen) atoms. The van der Waals surface area contributed by atoms with E-state index in [0.717, 1.165) is 0 Å². The van der Waals surface area contributed by atoms with E-state index in [1.807, 2.05) is 4.90 Å². The van der Waals surface area contributed by atoms with Gasteiger partial charge in [0.25, 0.3) is 0 Å². The first-order valence-electron chi connectivity index (χ1n) is 12.6. The van der Waals surface area contributed by atoms with E-state index >= 15 is 0 Å². The fourth-order valence-corrected chi connectivity index (χ4v) is 6.86. The van der Waals surface area contributed by atoms with Crippen molar-refractivity contribution in [3.8, 4) is 0 Å². The third-order valence-corrected chi connectivity index (χ3v) is 9.36. The molecule has 5 rings (SSSR count). The van der Waals surface area contributed by atoms with Crippen LogP contribution in [0.4, 0.5) is 11.8 Å². The maximum absolute atomic E-state index is 13.5. The highest BCUT2D eigenvalue weighted by molar-refractivity contribution is 7.89. The molecule has 3 atom stereocenters. The quantitative estimate of drug-likeness (QED) is 0.451. The van der Waals surface area contributed by atoms with Crippen LogP contribution < -0.4 is 10.6 Å². The second-order valence-corrected chi connectivity index (χ2v) is 12.6. The molecule has 2 unspecified atom stereocenters. The molecule has 3 saturated heterocycles. The van der Waals surface area contributed by atoms with Gasteiger partial charge in [0.15, 0.2) is 0 Å². The number of hydrogen-bond donors (Lipinski definition) is 3. The minimum Gasteiger partial charge on any atom is -0.393 e. The largest absolute Gasteiger partial charge is 0.393 e. The molecular formula is C24H35N7O5S. The number of pyridine rings is 1. The molecule has 4 N–H and O–H groups in total.